The minimum Gasteiger partial charge on any atom is -0.469 e. The van der Waals surface area contributed by atoms with Gasteiger partial charge in [-0.15, -0.1) is 0 Å². The van der Waals surface area contributed by atoms with Gasteiger partial charge in [0.2, 0.25) is 0 Å². The van der Waals surface area contributed by atoms with Gasteiger partial charge < -0.3 is 9.84 Å². The van der Waals surface area contributed by atoms with E-state index >= 15 is 0 Å². The average Bonchev–Trinajstić information content (AvgIpc) is 3.01. The highest BCUT2D eigenvalue weighted by Crippen LogP contribution is 2.28. The first-order chi connectivity index (χ1) is 12.2. The third-order valence-electron chi connectivity index (χ3n) is 4.15. The molecular weight excluding hydrogens is 318 g/mol. The van der Waals surface area contributed by atoms with Crippen molar-refractivity contribution in [2.75, 3.05) is 7.11 Å². The van der Waals surface area contributed by atoms with Gasteiger partial charge in [0.25, 0.3) is 5.56 Å². The van der Waals surface area contributed by atoms with Crippen LogP contribution in [0.25, 0.3) is 0 Å². The van der Waals surface area contributed by atoms with Crippen molar-refractivity contribution >= 4 is 5.97 Å². The lowest BCUT2D eigenvalue weighted by Gasteiger charge is -2.16. The quantitative estimate of drug-likeness (QED) is 0.676. The molecule has 128 valence electrons. The van der Waals surface area contributed by atoms with Crippen LogP contribution in [0, 0.1) is 0 Å². The van der Waals surface area contributed by atoms with Crippen LogP contribution in [0.4, 0.5) is 0 Å². The van der Waals surface area contributed by atoms with E-state index in [-0.39, 0.29) is 17.9 Å². The molecule has 0 aliphatic carbocycles. The Labute approximate surface area is 144 Å². The molecule has 6 heteroatoms. The zero-order valence-electron chi connectivity index (χ0n) is 13.9. The van der Waals surface area contributed by atoms with Crippen LogP contribution in [0.15, 0.2) is 59.7 Å². The molecule has 0 saturated carbocycles. The molecule has 1 atom stereocenters. The predicted octanol–water partition coefficient (Wildman–Crippen LogP) is 2.38. The van der Waals surface area contributed by atoms with Crippen molar-refractivity contribution in [3.8, 4) is 0 Å². The Balaban J connectivity index is 2.02. The SMILES string of the molecule is COC(=O)CC(c1cccnc1)c1c(Cc2ccccc2)[nH][nH]c1=O. The lowest BCUT2D eigenvalue weighted by molar-refractivity contribution is -0.140. The average molecular weight is 337 g/mol. The molecule has 25 heavy (non-hydrogen) atoms. The summed E-state index contributed by atoms with van der Waals surface area (Å²) >= 11 is 0. The first kappa shape index (κ1) is 16.7. The predicted molar refractivity (Wildman–Crippen MR) is 93.4 cm³/mol. The van der Waals surface area contributed by atoms with Crippen molar-refractivity contribution in [2.24, 2.45) is 0 Å². The summed E-state index contributed by atoms with van der Waals surface area (Å²) in [7, 11) is 1.34. The number of aromatic amines is 2. The number of carbonyl (C=O) groups is 1. The van der Waals surface area contributed by atoms with Crippen LogP contribution in [-0.2, 0) is 16.0 Å². The van der Waals surface area contributed by atoms with Crippen LogP contribution in [-0.4, -0.2) is 28.3 Å². The molecule has 3 rings (SSSR count). The molecule has 0 radical (unpaired) electrons. The highest BCUT2D eigenvalue weighted by molar-refractivity contribution is 5.71. The largest absolute Gasteiger partial charge is 0.469 e. The van der Waals surface area contributed by atoms with Gasteiger partial charge in [-0.2, -0.15) is 0 Å². The lowest BCUT2D eigenvalue weighted by Crippen LogP contribution is -2.18. The molecule has 0 spiro atoms. The molecule has 2 N–H and O–H groups in total. The van der Waals surface area contributed by atoms with E-state index in [1.165, 1.54) is 7.11 Å². The Morgan fingerprint density at radius 2 is 1.96 bits per heavy atom. The molecule has 0 bridgehead atoms. The van der Waals surface area contributed by atoms with E-state index in [1.807, 2.05) is 36.4 Å². The van der Waals surface area contributed by atoms with Crippen LogP contribution in [0.1, 0.15) is 34.7 Å². The smallest absolute Gasteiger partial charge is 0.306 e. The van der Waals surface area contributed by atoms with Crippen molar-refractivity contribution in [2.45, 2.75) is 18.8 Å². The first-order valence-corrected chi connectivity index (χ1v) is 7.99. The van der Waals surface area contributed by atoms with E-state index in [0.717, 1.165) is 16.8 Å². The Bertz CT molecular complexity index is 885. The number of H-pyrrole nitrogens is 2. The van der Waals surface area contributed by atoms with Crippen molar-refractivity contribution in [1.82, 2.24) is 15.2 Å². The number of nitrogens with zero attached hydrogens (tertiary/aromatic N) is 1. The molecule has 3 aromatic rings. The van der Waals surface area contributed by atoms with Gasteiger partial charge in [0.1, 0.15) is 0 Å². The van der Waals surface area contributed by atoms with E-state index in [4.69, 9.17) is 4.74 Å². The molecule has 6 nitrogen and oxygen atoms in total. The van der Waals surface area contributed by atoms with E-state index in [0.29, 0.717) is 12.0 Å². The summed E-state index contributed by atoms with van der Waals surface area (Å²) in [5.41, 5.74) is 2.94. The molecular formula is C19H19N3O3. The van der Waals surface area contributed by atoms with Gasteiger partial charge in [-0.25, -0.2) is 0 Å². The number of aromatic nitrogens is 3. The Morgan fingerprint density at radius 3 is 2.64 bits per heavy atom. The van der Waals surface area contributed by atoms with Crippen LogP contribution < -0.4 is 5.56 Å². The Hall–Kier alpha value is -3.15. The number of hydrogen-bond acceptors (Lipinski definition) is 4. The highest BCUT2D eigenvalue weighted by Gasteiger charge is 2.26. The molecule has 1 aromatic carbocycles. The van der Waals surface area contributed by atoms with Gasteiger partial charge in [0, 0.05) is 36.0 Å². The maximum Gasteiger partial charge on any atom is 0.306 e. The molecule has 2 aromatic heterocycles. The fourth-order valence-electron chi connectivity index (χ4n) is 2.93. The number of esters is 1. The van der Waals surface area contributed by atoms with Gasteiger partial charge >= 0.3 is 5.97 Å². The van der Waals surface area contributed by atoms with E-state index in [9.17, 15) is 9.59 Å². The van der Waals surface area contributed by atoms with Gasteiger partial charge in [0.15, 0.2) is 0 Å². The summed E-state index contributed by atoms with van der Waals surface area (Å²) in [5, 5.41) is 5.60. The maximum absolute atomic E-state index is 12.5. The molecule has 0 aliphatic heterocycles. The molecule has 0 saturated heterocycles. The standard InChI is InChI=1S/C19H19N3O3/c1-25-17(23)11-15(14-8-5-9-20-12-14)18-16(21-22-19(18)24)10-13-6-3-2-4-7-13/h2-9,12,15H,10-11H2,1H3,(H2,21,22,24). The van der Waals surface area contributed by atoms with Crippen molar-refractivity contribution in [3.63, 3.8) is 0 Å². The van der Waals surface area contributed by atoms with Crippen LogP contribution in [0.3, 0.4) is 0 Å². The van der Waals surface area contributed by atoms with E-state index in [1.54, 1.807) is 18.5 Å². The second-order valence-electron chi connectivity index (χ2n) is 5.75. The van der Waals surface area contributed by atoms with Gasteiger partial charge in [-0.05, 0) is 17.2 Å². The number of ether oxygens (including phenoxy) is 1. The molecule has 2 heterocycles. The fraction of sp³-hybridized carbons (Fsp3) is 0.211. The summed E-state index contributed by atoms with van der Waals surface area (Å²) in [5.74, 6) is -0.796. The third kappa shape index (κ3) is 3.85. The zero-order chi connectivity index (χ0) is 17.6. The number of carbonyl (C=O) groups excluding carboxylic acids is 1. The number of pyridine rings is 1. The maximum atomic E-state index is 12.5. The third-order valence-corrected chi connectivity index (χ3v) is 4.15. The summed E-state index contributed by atoms with van der Waals surface area (Å²) in [6.07, 6.45) is 3.97. The lowest BCUT2D eigenvalue weighted by atomic mass is 9.88. The normalized spacial score (nSPS) is 11.9. The summed E-state index contributed by atoms with van der Waals surface area (Å²) in [6, 6.07) is 13.5. The molecule has 0 aliphatic rings. The Morgan fingerprint density at radius 1 is 1.16 bits per heavy atom. The molecule has 0 fully saturated rings. The van der Waals surface area contributed by atoms with Crippen molar-refractivity contribution < 1.29 is 9.53 Å². The number of hydrogen-bond donors (Lipinski definition) is 2. The summed E-state index contributed by atoms with van der Waals surface area (Å²) < 4.78 is 4.82. The summed E-state index contributed by atoms with van der Waals surface area (Å²) in [6.45, 7) is 0. The first-order valence-electron chi connectivity index (χ1n) is 7.99. The monoisotopic (exact) mass is 337 g/mol. The van der Waals surface area contributed by atoms with Crippen LogP contribution >= 0.6 is 0 Å². The van der Waals surface area contributed by atoms with Gasteiger partial charge in [-0.3, -0.25) is 19.7 Å². The second-order valence-corrected chi connectivity index (χ2v) is 5.75. The van der Waals surface area contributed by atoms with Crippen LogP contribution in [0.2, 0.25) is 0 Å². The van der Waals surface area contributed by atoms with Crippen LogP contribution in [0.5, 0.6) is 0 Å². The summed E-state index contributed by atoms with van der Waals surface area (Å²) in [4.78, 5) is 28.5. The Kier molecular flexibility index (Phi) is 5.09. The van der Waals surface area contributed by atoms with Crippen molar-refractivity contribution in [3.05, 3.63) is 87.6 Å². The minimum atomic E-state index is -0.421. The number of methoxy groups -OCH3 is 1. The number of benzene rings is 1. The zero-order valence-corrected chi connectivity index (χ0v) is 13.9. The minimum absolute atomic E-state index is 0.0743. The van der Waals surface area contributed by atoms with Gasteiger partial charge in [0.05, 0.1) is 13.5 Å². The van der Waals surface area contributed by atoms with E-state index < -0.39 is 5.92 Å². The molecule has 0 amide bonds. The molecule has 1 unspecified atom stereocenters. The topological polar surface area (TPSA) is 87.8 Å². The van der Waals surface area contributed by atoms with Gasteiger partial charge in [-0.1, -0.05) is 36.4 Å². The highest BCUT2D eigenvalue weighted by atomic mass is 16.5. The van der Waals surface area contributed by atoms with Crippen molar-refractivity contribution in [1.29, 1.82) is 0 Å². The second kappa shape index (κ2) is 7.61. The van der Waals surface area contributed by atoms with E-state index in [2.05, 4.69) is 15.2 Å². The number of nitrogens with one attached hydrogen (secondary N) is 2. The number of rotatable bonds is 6. The fourth-order valence-corrected chi connectivity index (χ4v) is 2.93.